The number of aryl methyl sites for hydroxylation is 1. The minimum absolute atomic E-state index is 0.123. The SMILES string of the molecule is Cn1c(=O)oc2cc(C(=O)CSCC(=O)Nc3ccc4ccccc4c3)ccc21. The number of nitrogens with one attached hydrogen (secondary N) is 1. The molecule has 0 saturated heterocycles. The van der Waals surface area contributed by atoms with E-state index >= 15 is 0 Å². The number of fused-ring (bicyclic) bond motifs is 2. The number of anilines is 1. The highest BCUT2D eigenvalue weighted by Crippen LogP contribution is 2.19. The molecule has 1 heterocycles. The number of Topliss-reactive ketones (excluding diaryl/α,β-unsaturated/α-hetero) is 1. The van der Waals surface area contributed by atoms with Crippen LogP contribution in [-0.2, 0) is 11.8 Å². The van der Waals surface area contributed by atoms with Crippen molar-refractivity contribution in [2.75, 3.05) is 16.8 Å². The quantitative estimate of drug-likeness (QED) is 0.492. The van der Waals surface area contributed by atoms with Crippen molar-refractivity contribution in [3.8, 4) is 0 Å². The molecule has 0 atom stereocenters. The lowest BCUT2D eigenvalue weighted by Crippen LogP contribution is -2.15. The molecule has 0 aliphatic heterocycles. The van der Waals surface area contributed by atoms with Crippen LogP contribution in [0, 0.1) is 0 Å². The number of ketones is 1. The monoisotopic (exact) mass is 406 g/mol. The van der Waals surface area contributed by atoms with Gasteiger partial charge in [-0.25, -0.2) is 4.79 Å². The van der Waals surface area contributed by atoms with Crippen molar-refractivity contribution >= 4 is 51.0 Å². The van der Waals surface area contributed by atoms with Crippen molar-refractivity contribution in [2.45, 2.75) is 0 Å². The Morgan fingerprint density at radius 3 is 2.62 bits per heavy atom. The van der Waals surface area contributed by atoms with Gasteiger partial charge in [-0.05, 0) is 41.1 Å². The van der Waals surface area contributed by atoms with Gasteiger partial charge in [0.15, 0.2) is 11.4 Å². The van der Waals surface area contributed by atoms with Crippen LogP contribution in [0.3, 0.4) is 0 Å². The maximum absolute atomic E-state index is 12.4. The fraction of sp³-hybridized carbons (Fsp3) is 0.136. The second kappa shape index (κ2) is 7.97. The molecule has 3 aromatic carbocycles. The van der Waals surface area contributed by atoms with Crippen LogP contribution in [0.4, 0.5) is 5.69 Å². The van der Waals surface area contributed by atoms with Crippen molar-refractivity contribution in [1.29, 1.82) is 0 Å². The third-order valence-electron chi connectivity index (χ3n) is 4.61. The highest BCUT2D eigenvalue weighted by Gasteiger charge is 2.12. The fourth-order valence-corrected chi connectivity index (χ4v) is 3.80. The summed E-state index contributed by atoms with van der Waals surface area (Å²) in [5.41, 5.74) is 2.19. The van der Waals surface area contributed by atoms with Gasteiger partial charge in [0.05, 0.1) is 17.0 Å². The molecule has 146 valence electrons. The van der Waals surface area contributed by atoms with Crippen molar-refractivity contribution < 1.29 is 14.0 Å². The first-order chi connectivity index (χ1) is 14.0. The van der Waals surface area contributed by atoms with E-state index < -0.39 is 5.76 Å². The van der Waals surface area contributed by atoms with Gasteiger partial charge < -0.3 is 9.73 Å². The van der Waals surface area contributed by atoms with Crippen LogP contribution in [-0.4, -0.2) is 27.8 Å². The summed E-state index contributed by atoms with van der Waals surface area (Å²) in [7, 11) is 1.61. The first-order valence-corrected chi connectivity index (χ1v) is 10.2. The Labute approximate surface area is 170 Å². The number of aromatic nitrogens is 1. The normalized spacial score (nSPS) is 11.1. The highest BCUT2D eigenvalue weighted by molar-refractivity contribution is 8.00. The maximum Gasteiger partial charge on any atom is 0.419 e. The van der Waals surface area contributed by atoms with Crippen molar-refractivity contribution in [3.05, 3.63) is 76.8 Å². The zero-order chi connectivity index (χ0) is 20.4. The van der Waals surface area contributed by atoms with Gasteiger partial charge >= 0.3 is 5.76 Å². The van der Waals surface area contributed by atoms with Crippen LogP contribution in [0.25, 0.3) is 21.9 Å². The number of hydrogen-bond acceptors (Lipinski definition) is 5. The molecule has 0 fully saturated rings. The van der Waals surface area contributed by atoms with Gasteiger partial charge in [-0.2, -0.15) is 0 Å². The van der Waals surface area contributed by atoms with Gasteiger partial charge in [0, 0.05) is 18.3 Å². The zero-order valence-electron chi connectivity index (χ0n) is 15.7. The Kier molecular flexibility index (Phi) is 5.22. The Morgan fingerprint density at radius 2 is 1.79 bits per heavy atom. The lowest BCUT2D eigenvalue weighted by atomic mass is 10.1. The molecule has 29 heavy (non-hydrogen) atoms. The van der Waals surface area contributed by atoms with E-state index in [2.05, 4.69) is 5.32 Å². The zero-order valence-corrected chi connectivity index (χ0v) is 16.5. The minimum atomic E-state index is -0.468. The Hall–Kier alpha value is -3.32. The number of nitrogens with zero attached hydrogens (tertiary/aromatic N) is 1. The highest BCUT2D eigenvalue weighted by atomic mass is 32.2. The largest absolute Gasteiger partial charge is 0.419 e. The van der Waals surface area contributed by atoms with E-state index in [9.17, 15) is 14.4 Å². The van der Waals surface area contributed by atoms with Gasteiger partial charge in [0.1, 0.15) is 0 Å². The summed E-state index contributed by atoms with van der Waals surface area (Å²) in [5.74, 6) is -0.427. The summed E-state index contributed by atoms with van der Waals surface area (Å²) in [6, 6.07) is 18.6. The molecule has 0 bridgehead atoms. The fourth-order valence-electron chi connectivity index (χ4n) is 3.09. The van der Waals surface area contributed by atoms with E-state index in [-0.39, 0.29) is 23.2 Å². The number of hydrogen-bond donors (Lipinski definition) is 1. The number of amides is 1. The second-order valence-corrected chi connectivity index (χ2v) is 7.62. The maximum atomic E-state index is 12.4. The van der Waals surface area contributed by atoms with Crippen LogP contribution in [0.15, 0.2) is 69.9 Å². The molecular weight excluding hydrogens is 388 g/mol. The number of carbonyl (C=O) groups excluding carboxylic acids is 2. The molecule has 0 aliphatic rings. The van der Waals surface area contributed by atoms with E-state index in [1.165, 1.54) is 16.3 Å². The van der Waals surface area contributed by atoms with E-state index in [1.807, 2.05) is 42.5 Å². The van der Waals surface area contributed by atoms with Gasteiger partial charge in [-0.3, -0.25) is 14.2 Å². The predicted octanol–water partition coefficient (Wildman–Crippen LogP) is 3.84. The number of oxazole rings is 1. The first-order valence-electron chi connectivity index (χ1n) is 9.00. The van der Waals surface area contributed by atoms with Gasteiger partial charge in [0.25, 0.3) is 0 Å². The molecule has 6 nitrogen and oxygen atoms in total. The lowest BCUT2D eigenvalue weighted by Gasteiger charge is -2.07. The summed E-state index contributed by atoms with van der Waals surface area (Å²) < 4.78 is 6.50. The van der Waals surface area contributed by atoms with Crippen LogP contribution >= 0.6 is 11.8 Å². The van der Waals surface area contributed by atoms with E-state index in [4.69, 9.17) is 4.42 Å². The standard InChI is InChI=1S/C22H18N2O4S/c1-24-18-9-7-16(11-20(18)28-22(24)27)19(25)12-29-13-21(26)23-17-8-6-14-4-2-3-5-15(14)10-17/h2-11H,12-13H2,1H3,(H,23,26). The smallest absolute Gasteiger partial charge is 0.408 e. The van der Waals surface area contributed by atoms with Crippen molar-refractivity contribution in [2.24, 2.45) is 7.05 Å². The molecule has 0 saturated carbocycles. The third-order valence-corrected chi connectivity index (χ3v) is 5.55. The third kappa shape index (κ3) is 4.09. The Bertz CT molecular complexity index is 1290. The molecule has 7 heteroatoms. The summed E-state index contributed by atoms with van der Waals surface area (Å²) in [4.78, 5) is 36.1. The molecule has 0 aliphatic carbocycles. The average Bonchev–Trinajstić information content (AvgIpc) is 3.01. The van der Waals surface area contributed by atoms with Crippen LogP contribution in [0.2, 0.25) is 0 Å². The van der Waals surface area contributed by atoms with Crippen LogP contribution in [0.1, 0.15) is 10.4 Å². The van der Waals surface area contributed by atoms with Gasteiger partial charge in [-0.1, -0.05) is 30.3 Å². The summed E-state index contributed by atoms with van der Waals surface area (Å²) in [5, 5.41) is 5.02. The molecule has 1 N–H and O–H groups in total. The van der Waals surface area contributed by atoms with E-state index in [0.29, 0.717) is 16.7 Å². The average molecular weight is 406 g/mol. The molecule has 4 aromatic rings. The molecule has 1 amide bonds. The summed E-state index contributed by atoms with van der Waals surface area (Å²) in [6.07, 6.45) is 0. The van der Waals surface area contributed by atoms with Gasteiger partial charge in [-0.15, -0.1) is 11.8 Å². The Balaban J connectivity index is 1.33. The van der Waals surface area contributed by atoms with Gasteiger partial charge in [0.2, 0.25) is 5.91 Å². The van der Waals surface area contributed by atoms with E-state index in [1.54, 1.807) is 25.2 Å². The first kappa shape index (κ1) is 19.0. The van der Waals surface area contributed by atoms with E-state index in [0.717, 1.165) is 16.5 Å². The summed E-state index contributed by atoms with van der Waals surface area (Å²) in [6.45, 7) is 0. The molecule has 1 aromatic heterocycles. The molecule has 0 spiro atoms. The topological polar surface area (TPSA) is 81.3 Å². The molecular formula is C22H18N2O4S. The van der Waals surface area contributed by atoms with Crippen LogP contribution in [0.5, 0.6) is 0 Å². The number of rotatable bonds is 6. The van der Waals surface area contributed by atoms with Crippen molar-refractivity contribution in [3.63, 3.8) is 0 Å². The molecule has 0 radical (unpaired) electrons. The Morgan fingerprint density at radius 1 is 1.00 bits per heavy atom. The predicted molar refractivity (Wildman–Crippen MR) is 116 cm³/mol. The van der Waals surface area contributed by atoms with Crippen molar-refractivity contribution in [1.82, 2.24) is 4.57 Å². The number of thioether (sulfide) groups is 1. The number of benzene rings is 3. The number of carbonyl (C=O) groups is 2. The summed E-state index contributed by atoms with van der Waals surface area (Å²) >= 11 is 1.24. The van der Waals surface area contributed by atoms with Crippen LogP contribution < -0.4 is 11.1 Å². The minimum Gasteiger partial charge on any atom is -0.408 e. The molecule has 0 unspecified atom stereocenters. The lowest BCUT2D eigenvalue weighted by molar-refractivity contribution is -0.113. The molecule has 4 rings (SSSR count). The second-order valence-electron chi connectivity index (χ2n) is 6.64.